The van der Waals surface area contributed by atoms with Crippen LogP contribution in [0.1, 0.15) is 34.0 Å². The smallest absolute Gasteiger partial charge is 0.138 e. The quantitative estimate of drug-likeness (QED) is 0.0994. The van der Waals surface area contributed by atoms with E-state index in [0.29, 0.717) is 37.5 Å². The number of thioether (sulfide) groups is 1. The second kappa shape index (κ2) is 17.5. The Hall–Kier alpha value is -4.89. The van der Waals surface area contributed by atoms with Crippen molar-refractivity contribution in [2.45, 2.75) is 53.4 Å². The number of hydrogen-bond acceptors (Lipinski definition) is 9. The highest BCUT2D eigenvalue weighted by molar-refractivity contribution is 7.99. The lowest BCUT2D eigenvalue weighted by Crippen LogP contribution is -2.55. The topological polar surface area (TPSA) is 128 Å². The van der Waals surface area contributed by atoms with Crippen LogP contribution < -0.4 is 0 Å². The molecule has 296 valence electrons. The molecule has 1 fully saturated rings. The van der Waals surface area contributed by atoms with Crippen LogP contribution in [0.5, 0.6) is 0 Å². The molecule has 0 bridgehead atoms. The van der Waals surface area contributed by atoms with Crippen molar-refractivity contribution in [2.75, 3.05) is 6.61 Å². The highest BCUT2D eigenvalue weighted by Gasteiger charge is 2.46. The lowest BCUT2D eigenvalue weighted by molar-refractivity contribution is -0.178. The number of ether oxygens (including phenoxy) is 2. The van der Waals surface area contributed by atoms with Gasteiger partial charge in [0.1, 0.15) is 46.8 Å². The summed E-state index contributed by atoms with van der Waals surface area (Å²) in [6.07, 6.45) is -0.179. The van der Waals surface area contributed by atoms with Gasteiger partial charge in [0.25, 0.3) is 0 Å². The minimum Gasteiger partial charge on any atom is -0.394 e. The van der Waals surface area contributed by atoms with Gasteiger partial charge in [0, 0.05) is 16.7 Å². The fourth-order valence-electron chi connectivity index (χ4n) is 7.43. The average molecular weight is 839 g/mol. The van der Waals surface area contributed by atoms with Crippen molar-refractivity contribution in [3.8, 4) is 11.3 Å². The molecule has 2 aromatic heterocycles. The fourth-order valence-corrected chi connectivity index (χ4v) is 8.89. The molecule has 7 aromatic rings. The molecule has 10 nitrogen and oxygen atoms in total. The Bertz CT molecular complexity index is 2360. The van der Waals surface area contributed by atoms with E-state index in [2.05, 4.69) is 46.7 Å². The number of aromatic nitrogens is 5. The molecule has 0 radical (unpaired) electrons. The van der Waals surface area contributed by atoms with Gasteiger partial charge in [-0.05, 0) is 64.7 Å². The normalized spacial score (nSPS) is 19.7. The summed E-state index contributed by atoms with van der Waals surface area (Å²) in [6, 6.07) is 41.1. The third-order valence-corrected chi connectivity index (χ3v) is 12.0. The van der Waals surface area contributed by atoms with Crippen LogP contribution in [0.2, 0.25) is 10.0 Å². The van der Waals surface area contributed by atoms with Gasteiger partial charge in [-0.3, -0.25) is 4.68 Å². The molecule has 0 amide bonds. The van der Waals surface area contributed by atoms with Crippen molar-refractivity contribution in [1.82, 2.24) is 24.8 Å². The molecule has 1 aliphatic heterocycles. The first-order chi connectivity index (χ1) is 28.2. The summed E-state index contributed by atoms with van der Waals surface area (Å²) in [7, 11) is 0. The molecule has 1 aliphatic rings. The van der Waals surface area contributed by atoms with E-state index in [4.69, 9.17) is 37.8 Å². The number of rotatable bonds is 13. The zero-order valence-corrected chi connectivity index (χ0v) is 33.1. The van der Waals surface area contributed by atoms with Crippen LogP contribution in [-0.2, 0) is 28.2 Å². The van der Waals surface area contributed by atoms with Crippen LogP contribution in [0, 0.1) is 5.82 Å². The molecule has 58 heavy (non-hydrogen) atoms. The third kappa shape index (κ3) is 8.07. The molecule has 8 rings (SSSR count). The van der Waals surface area contributed by atoms with Gasteiger partial charge in [-0.25, -0.2) is 9.07 Å². The molecular formula is C44H38Cl2FN5O5S. The summed E-state index contributed by atoms with van der Waals surface area (Å²) in [5.41, 5.74) is 3.43. The number of nitrogens with zero attached hydrogens (tertiary/aromatic N) is 5. The monoisotopic (exact) mass is 837 g/mol. The zero-order valence-electron chi connectivity index (χ0n) is 30.8. The van der Waals surface area contributed by atoms with Gasteiger partial charge in [0.15, 0.2) is 0 Å². The Morgan fingerprint density at radius 3 is 2.05 bits per heavy atom. The minimum absolute atomic E-state index is 0.0795. The molecule has 3 N–H and O–H groups in total. The highest BCUT2D eigenvalue weighted by Crippen LogP contribution is 2.41. The fraction of sp³-hybridized carbons (Fsp3) is 0.205. The number of halogens is 3. The van der Waals surface area contributed by atoms with Gasteiger partial charge >= 0.3 is 0 Å². The minimum atomic E-state index is -1.33. The molecule has 14 heteroatoms. The van der Waals surface area contributed by atoms with E-state index in [1.54, 1.807) is 24.3 Å². The number of aliphatic hydroxyl groups is 3. The zero-order chi connectivity index (χ0) is 40.2. The second-order valence-electron chi connectivity index (χ2n) is 13.9. The van der Waals surface area contributed by atoms with Crippen molar-refractivity contribution in [3.05, 3.63) is 190 Å². The van der Waals surface area contributed by atoms with E-state index >= 15 is 4.39 Å². The van der Waals surface area contributed by atoms with Crippen LogP contribution >= 0.6 is 35.0 Å². The number of benzene rings is 5. The van der Waals surface area contributed by atoms with E-state index in [0.717, 1.165) is 28.5 Å². The predicted octanol–water partition coefficient (Wildman–Crippen LogP) is 7.92. The first-order valence-electron chi connectivity index (χ1n) is 18.5. The van der Waals surface area contributed by atoms with E-state index < -0.39 is 47.8 Å². The standard InChI is InChI=1S/C44H38Cl2FN5O5S/c45-36-17-16-35(23-37(36)46)58-43-42(55)40(41(54)39(25-53)57-43)51-24-38(48-50-51)29-20-28(21-33(47)22-29)26-56-27-34-18-19-52(49-34)44(30-10-4-1-5-11-30,31-12-6-2-7-13-31)32-14-8-3-9-15-32/h1-24,39-43,53-55H,25-27H2/t39-,40+,41+,42-,43+/m1/s1. The van der Waals surface area contributed by atoms with Crippen molar-refractivity contribution in [3.63, 3.8) is 0 Å². The van der Waals surface area contributed by atoms with Crippen molar-refractivity contribution in [1.29, 1.82) is 0 Å². The maximum absolute atomic E-state index is 15.1. The summed E-state index contributed by atoms with van der Waals surface area (Å²) in [5.74, 6) is -0.502. The Morgan fingerprint density at radius 2 is 1.43 bits per heavy atom. The maximum atomic E-state index is 15.1. The molecule has 0 saturated carbocycles. The third-order valence-electron chi connectivity index (χ3n) is 10.1. The molecule has 0 aliphatic carbocycles. The van der Waals surface area contributed by atoms with E-state index in [9.17, 15) is 15.3 Å². The van der Waals surface area contributed by atoms with Crippen LogP contribution in [0.15, 0.2) is 151 Å². The molecule has 3 heterocycles. The van der Waals surface area contributed by atoms with Crippen LogP contribution in [0.4, 0.5) is 4.39 Å². The summed E-state index contributed by atoms with van der Waals surface area (Å²) >= 11 is 13.4. The van der Waals surface area contributed by atoms with Gasteiger partial charge in [-0.1, -0.05) is 131 Å². The SMILES string of the molecule is OC[C@H]1O[C@@H](Sc2ccc(Cl)c(Cl)c2)[C@H](O)[C@@H](n2cc(-c3cc(F)cc(COCc4ccn(C(c5ccccc5)(c5ccccc5)c5ccccc5)n4)c3)nn2)[C@H]1O. The lowest BCUT2D eigenvalue weighted by atomic mass is 9.77. The van der Waals surface area contributed by atoms with Crippen LogP contribution in [-0.4, -0.2) is 70.4 Å². The molecule has 5 aromatic carbocycles. The Morgan fingerprint density at radius 1 is 0.776 bits per heavy atom. The summed E-state index contributed by atoms with van der Waals surface area (Å²) in [4.78, 5) is 0.659. The van der Waals surface area contributed by atoms with Gasteiger partial charge in [-0.15, -0.1) is 5.10 Å². The second-order valence-corrected chi connectivity index (χ2v) is 15.9. The average Bonchev–Trinajstić information content (AvgIpc) is 3.93. The van der Waals surface area contributed by atoms with Gasteiger partial charge in [-0.2, -0.15) is 5.10 Å². The molecule has 5 atom stereocenters. The first kappa shape index (κ1) is 39.9. The van der Waals surface area contributed by atoms with Gasteiger partial charge in [0.05, 0.1) is 41.8 Å². The Kier molecular flexibility index (Phi) is 12.1. The highest BCUT2D eigenvalue weighted by atomic mass is 35.5. The number of hydrogen-bond donors (Lipinski definition) is 3. The summed E-state index contributed by atoms with van der Waals surface area (Å²) in [6.45, 7) is -0.265. The largest absolute Gasteiger partial charge is 0.394 e. The summed E-state index contributed by atoms with van der Waals surface area (Å²) in [5, 5.41) is 46.8. The maximum Gasteiger partial charge on any atom is 0.138 e. The van der Waals surface area contributed by atoms with Gasteiger partial charge in [0.2, 0.25) is 0 Å². The van der Waals surface area contributed by atoms with E-state index in [-0.39, 0.29) is 13.2 Å². The summed E-state index contributed by atoms with van der Waals surface area (Å²) < 4.78 is 30.4. The predicted molar refractivity (Wildman–Crippen MR) is 220 cm³/mol. The van der Waals surface area contributed by atoms with Crippen LogP contribution in [0.25, 0.3) is 11.3 Å². The number of aliphatic hydroxyl groups excluding tert-OH is 3. The molecule has 0 unspecified atom stereocenters. The molecule has 0 spiro atoms. The van der Waals surface area contributed by atoms with Crippen molar-refractivity contribution < 1.29 is 29.2 Å². The Labute approximate surface area is 348 Å². The van der Waals surface area contributed by atoms with E-state index in [1.807, 2.05) is 71.5 Å². The van der Waals surface area contributed by atoms with E-state index in [1.165, 1.54) is 23.0 Å². The van der Waals surface area contributed by atoms with Crippen molar-refractivity contribution in [2.24, 2.45) is 0 Å². The van der Waals surface area contributed by atoms with Gasteiger partial charge < -0.3 is 24.8 Å². The van der Waals surface area contributed by atoms with Crippen LogP contribution in [0.3, 0.4) is 0 Å². The first-order valence-corrected chi connectivity index (χ1v) is 20.1. The molecule has 1 saturated heterocycles. The Balaban J connectivity index is 1.00. The lowest BCUT2D eigenvalue weighted by Gasteiger charge is -2.41. The molecular weight excluding hydrogens is 800 g/mol. The van der Waals surface area contributed by atoms with Crippen molar-refractivity contribution >= 4 is 35.0 Å².